The molecule has 0 atom stereocenters. The van der Waals surface area contributed by atoms with Crippen molar-refractivity contribution in [3.63, 3.8) is 0 Å². The van der Waals surface area contributed by atoms with Gasteiger partial charge in [0, 0.05) is 0 Å². The maximum Gasteiger partial charge on any atom is 0.313 e. The lowest BCUT2D eigenvalue weighted by Gasteiger charge is -2.19. The zero-order chi connectivity index (χ0) is 10.1. The van der Waals surface area contributed by atoms with Crippen molar-refractivity contribution in [2.75, 3.05) is 0 Å². The summed E-state index contributed by atoms with van der Waals surface area (Å²) in [6.45, 7) is 7.13. The number of carboxylic acid groups (broad SMARTS) is 1. The van der Waals surface area contributed by atoms with E-state index in [1.54, 1.807) is 19.9 Å². The van der Waals surface area contributed by atoms with Gasteiger partial charge in [0.25, 0.3) is 0 Å². The minimum absolute atomic E-state index is 0.785. The molecular weight excluding hydrogens is 164 g/mol. The van der Waals surface area contributed by atoms with E-state index in [-0.39, 0.29) is 0 Å². The second-order valence-corrected chi connectivity index (χ2v) is 3.63. The lowest BCUT2D eigenvalue weighted by Crippen LogP contribution is -2.28. The quantitative estimate of drug-likeness (QED) is 0.752. The van der Waals surface area contributed by atoms with Gasteiger partial charge >= 0.3 is 5.97 Å². The van der Waals surface area contributed by atoms with Gasteiger partial charge in [-0.1, -0.05) is 24.3 Å². The average Bonchev–Trinajstić information content (AvgIpc) is 2.04. The fraction of sp³-hybridized carbons (Fsp3) is 0.273. The molecule has 0 heterocycles. The van der Waals surface area contributed by atoms with Crippen LogP contribution in [0, 0.1) is 6.92 Å². The lowest BCUT2D eigenvalue weighted by molar-refractivity contribution is -0.142. The van der Waals surface area contributed by atoms with Crippen LogP contribution in [0.2, 0.25) is 0 Å². The molecule has 0 unspecified atom stereocenters. The fourth-order valence-electron chi connectivity index (χ4n) is 1.08. The molecule has 2 nitrogen and oxygen atoms in total. The molecule has 69 valence electrons. The zero-order valence-electron chi connectivity index (χ0n) is 7.87. The normalized spacial score (nSPS) is 11.3. The van der Waals surface area contributed by atoms with Gasteiger partial charge in [0.1, 0.15) is 0 Å². The molecule has 1 aromatic rings. The third-order valence-corrected chi connectivity index (χ3v) is 2.18. The molecular formula is C11H13O2. The highest BCUT2D eigenvalue weighted by Crippen LogP contribution is 2.23. The summed E-state index contributed by atoms with van der Waals surface area (Å²) >= 11 is 0. The van der Waals surface area contributed by atoms with E-state index in [2.05, 4.69) is 6.92 Å². The summed E-state index contributed by atoms with van der Waals surface area (Å²) in [6, 6.07) is 7.28. The minimum atomic E-state index is -0.840. The molecule has 0 amide bonds. The number of hydrogen-bond donors (Lipinski definition) is 1. The monoisotopic (exact) mass is 177 g/mol. The minimum Gasteiger partial charge on any atom is -0.481 e. The highest BCUT2D eigenvalue weighted by Gasteiger charge is 2.28. The van der Waals surface area contributed by atoms with Crippen LogP contribution in [-0.2, 0) is 10.2 Å². The van der Waals surface area contributed by atoms with E-state index in [0.717, 1.165) is 11.1 Å². The second kappa shape index (κ2) is 3.21. The molecule has 0 saturated heterocycles. The van der Waals surface area contributed by atoms with Crippen LogP contribution in [0.25, 0.3) is 0 Å². The zero-order valence-corrected chi connectivity index (χ0v) is 7.87. The van der Waals surface area contributed by atoms with Crippen LogP contribution >= 0.6 is 0 Å². The fourth-order valence-corrected chi connectivity index (χ4v) is 1.08. The Morgan fingerprint density at radius 1 is 1.46 bits per heavy atom. The van der Waals surface area contributed by atoms with E-state index in [1.165, 1.54) is 0 Å². The first kappa shape index (κ1) is 9.78. The van der Waals surface area contributed by atoms with Crippen LogP contribution in [0.3, 0.4) is 0 Å². The van der Waals surface area contributed by atoms with Gasteiger partial charge in [-0.05, 0) is 31.9 Å². The Balaban J connectivity index is 3.14. The molecule has 0 bridgehead atoms. The van der Waals surface area contributed by atoms with Gasteiger partial charge in [-0.25, -0.2) is 0 Å². The predicted molar refractivity (Wildman–Crippen MR) is 51.6 cm³/mol. The molecule has 1 N–H and O–H groups in total. The Hall–Kier alpha value is -1.31. The van der Waals surface area contributed by atoms with Gasteiger partial charge in [0.05, 0.1) is 5.41 Å². The Kier molecular flexibility index (Phi) is 2.41. The van der Waals surface area contributed by atoms with Gasteiger partial charge in [0.2, 0.25) is 0 Å². The molecule has 2 heteroatoms. The Bertz CT molecular complexity index is 327. The molecule has 0 aliphatic carbocycles. The summed E-state index contributed by atoms with van der Waals surface area (Å²) in [5, 5.41) is 8.97. The summed E-state index contributed by atoms with van der Waals surface area (Å²) in [5.41, 5.74) is 0.785. The van der Waals surface area contributed by atoms with Crippen molar-refractivity contribution in [3.05, 3.63) is 42.3 Å². The molecule has 1 radical (unpaired) electrons. The van der Waals surface area contributed by atoms with Gasteiger partial charge in [0.15, 0.2) is 0 Å². The van der Waals surface area contributed by atoms with Crippen LogP contribution in [0.15, 0.2) is 24.3 Å². The summed E-state index contributed by atoms with van der Waals surface area (Å²) < 4.78 is 0. The van der Waals surface area contributed by atoms with E-state index >= 15 is 0 Å². The third kappa shape index (κ3) is 1.89. The largest absolute Gasteiger partial charge is 0.481 e. The van der Waals surface area contributed by atoms with Crippen molar-refractivity contribution < 1.29 is 9.90 Å². The predicted octanol–water partition coefficient (Wildman–Crippen LogP) is 2.23. The summed E-state index contributed by atoms with van der Waals surface area (Å²) in [6.07, 6.45) is 0. The van der Waals surface area contributed by atoms with Gasteiger partial charge in [-0.15, -0.1) is 0 Å². The van der Waals surface area contributed by atoms with Crippen molar-refractivity contribution in [1.82, 2.24) is 0 Å². The summed E-state index contributed by atoms with van der Waals surface area (Å²) in [4.78, 5) is 10.9. The van der Waals surface area contributed by atoms with E-state index < -0.39 is 11.4 Å². The van der Waals surface area contributed by atoms with Crippen LogP contribution in [0.5, 0.6) is 0 Å². The Morgan fingerprint density at radius 3 is 2.54 bits per heavy atom. The van der Waals surface area contributed by atoms with Crippen molar-refractivity contribution in [3.8, 4) is 0 Å². The van der Waals surface area contributed by atoms with Crippen molar-refractivity contribution >= 4 is 5.97 Å². The Labute approximate surface area is 78.2 Å². The van der Waals surface area contributed by atoms with Crippen molar-refractivity contribution in [1.29, 1.82) is 0 Å². The molecule has 0 fully saturated rings. The van der Waals surface area contributed by atoms with E-state index in [9.17, 15) is 4.79 Å². The number of rotatable bonds is 2. The SMILES string of the molecule is [CH2]c1cccc(C(C)(C)C(=O)O)c1. The lowest BCUT2D eigenvalue weighted by atomic mass is 9.84. The topological polar surface area (TPSA) is 37.3 Å². The second-order valence-electron chi connectivity index (χ2n) is 3.63. The molecule has 1 aromatic carbocycles. The first-order chi connectivity index (χ1) is 5.94. The highest BCUT2D eigenvalue weighted by atomic mass is 16.4. The van der Waals surface area contributed by atoms with E-state index in [1.807, 2.05) is 18.2 Å². The van der Waals surface area contributed by atoms with Crippen molar-refractivity contribution in [2.24, 2.45) is 0 Å². The number of hydrogen-bond acceptors (Lipinski definition) is 1. The standard InChI is InChI=1S/C11H13O2/c1-8-5-4-6-9(7-8)11(2,3)10(12)13/h4-7H,1H2,2-3H3,(H,12,13). The van der Waals surface area contributed by atoms with Crippen LogP contribution < -0.4 is 0 Å². The molecule has 0 aliphatic heterocycles. The summed E-state index contributed by atoms with van der Waals surface area (Å²) in [5.74, 6) is -0.821. The van der Waals surface area contributed by atoms with Crippen LogP contribution in [0.4, 0.5) is 0 Å². The molecule has 13 heavy (non-hydrogen) atoms. The first-order valence-electron chi connectivity index (χ1n) is 4.10. The molecule has 0 spiro atoms. The maximum atomic E-state index is 10.9. The maximum absolute atomic E-state index is 10.9. The number of benzene rings is 1. The van der Waals surface area contributed by atoms with Crippen molar-refractivity contribution in [2.45, 2.75) is 19.3 Å². The highest BCUT2D eigenvalue weighted by molar-refractivity contribution is 5.80. The van der Waals surface area contributed by atoms with Gasteiger partial charge in [-0.3, -0.25) is 4.79 Å². The van der Waals surface area contributed by atoms with E-state index in [0.29, 0.717) is 0 Å². The first-order valence-corrected chi connectivity index (χ1v) is 4.10. The van der Waals surface area contributed by atoms with Gasteiger partial charge < -0.3 is 5.11 Å². The Morgan fingerprint density at radius 2 is 2.08 bits per heavy atom. The van der Waals surface area contributed by atoms with E-state index in [4.69, 9.17) is 5.11 Å². The number of carbonyl (C=O) groups is 1. The summed E-state index contributed by atoms with van der Waals surface area (Å²) in [7, 11) is 0. The van der Waals surface area contributed by atoms with Crippen LogP contribution in [0.1, 0.15) is 25.0 Å². The molecule has 0 aliphatic rings. The molecule has 0 aromatic heterocycles. The number of carboxylic acids is 1. The number of aliphatic carboxylic acids is 1. The molecule has 0 saturated carbocycles. The molecule has 1 rings (SSSR count). The van der Waals surface area contributed by atoms with Gasteiger partial charge in [-0.2, -0.15) is 0 Å². The smallest absolute Gasteiger partial charge is 0.313 e. The van der Waals surface area contributed by atoms with Crippen LogP contribution in [-0.4, -0.2) is 11.1 Å². The average molecular weight is 177 g/mol. The third-order valence-electron chi connectivity index (χ3n) is 2.18.